The van der Waals surface area contributed by atoms with Crippen LogP contribution in [0.2, 0.25) is 0 Å². The molecule has 0 radical (unpaired) electrons. The number of nitrogens with zero attached hydrogens (tertiary/aromatic N) is 2. The van der Waals surface area contributed by atoms with E-state index in [1.54, 1.807) is 19.9 Å². The van der Waals surface area contributed by atoms with Gasteiger partial charge >= 0.3 is 5.97 Å². The molecule has 0 saturated heterocycles. The van der Waals surface area contributed by atoms with Crippen LogP contribution in [-0.2, 0) is 25.8 Å². The first kappa shape index (κ1) is 20.3. The number of sulfone groups is 1. The van der Waals surface area contributed by atoms with Crippen molar-refractivity contribution in [1.82, 2.24) is 9.55 Å². The second kappa shape index (κ2) is 7.89. The fourth-order valence-corrected chi connectivity index (χ4v) is 4.96. The van der Waals surface area contributed by atoms with Crippen LogP contribution in [0.15, 0.2) is 41.4 Å². The highest BCUT2D eigenvalue weighted by atomic mass is 32.2. The average molecular weight is 419 g/mol. The number of hydrogen-bond acceptors (Lipinski definition) is 6. The van der Waals surface area contributed by atoms with Crippen molar-refractivity contribution in [2.75, 3.05) is 12.9 Å². The molecule has 0 N–H and O–H groups in total. The molecule has 0 saturated carbocycles. The Morgan fingerprint density at radius 2 is 1.96 bits per heavy atom. The normalized spacial score (nSPS) is 11.6. The van der Waals surface area contributed by atoms with Gasteiger partial charge in [-0.1, -0.05) is 12.1 Å². The Hall–Kier alpha value is -2.45. The predicted octanol–water partition coefficient (Wildman–Crippen LogP) is 3.73. The van der Waals surface area contributed by atoms with Crippen LogP contribution in [0.4, 0.5) is 0 Å². The maximum Gasteiger partial charge on any atom is 0.313 e. The molecular weight excluding hydrogens is 396 g/mol. The maximum atomic E-state index is 12.0. The smallest absolute Gasteiger partial charge is 0.313 e. The van der Waals surface area contributed by atoms with Gasteiger partial charge in [-0.25, -0.2) is 13.4 Å². The lowest BCUT2D eigenvalue weighted by atomic mass is 10.1. The van der Waals surface area contributed by atoms with Gasteiger partial charge in [0.25, 0.3) is 0 Å². The predicted molar refractivity (Wildman–Crippen MR) is 110 cm³/mol. The van der Waals surface area contributed by atoms with Crippen molar-refractivity contribution in [1.29, 1.82) is 0 Å². The van der Waals surface area contributed by atoms with E-state index >= 15 is 0 Å². The number of benzene rings is 1. The third kappa shape index (κ3) is 4.34. The van der Waals surface area contributed by atoms with E-state index in [0.717, 1.165) is 26.7 Å². The number of hydrogen-bond donors (Lipinski definition) is 0. The molecule has 2 aromatic heterocycles. The average Bonchev–Trinajstić information content (AvgIpc) is 3.21. The van der Waals surface area contributed by atoms with Gasteiger partial charge in [0.2, 0.25) is 0 Å². The highest BCUT2D eigenvalue weighted by Crippen LogP contribution is 2.33. The number of imidazole rings is 1. The third-order valence-corrected chi connectivity index (χ3v) is 6.58. The Balaban J connectivity index is 1.97. The lowest BCUT2D eigenvalue weighted by Gasteiger charge is -2.07. The molecule has 28 heavy (non-hydrogen) atoms. The number of esters is 1. The first-order chi connectivity index (χ1) is 13.2. The van der Waals surface area contributed by atoms with Gasteiger partial charge < -0.3 is 4.74 Å². The van der Waals surface area contributed by atoms with E-state index in [9.17, 15) is 13.2 Å². The number of carbonyl (C=O) groups excluding carboxylic acids is 1. The number of rotatable bonds is 6. The molecule has 0 atom stereocenters. The van der Waals surface area contributed by atoms with Crippen molar-refractivity contribution in [3.63, 3.8) is 0 Å². The Kier molecular flexibility index (Phi) is 5.71. The fraction of sp³-hybridized carbons (Fsp3) is 0.300. The number of thiophene rings is 1. The first-order valence-corrected chi connectivity index (χ1v) is 11.5. The SMILES string of the molecule is CCOC(=O)Cc1nc(C)cn1-c1ccc(-c2ccc(C)c(S(C)(=O)=O)c2)s1. The highest BCUT2D eigenvalue weighted by molar-refractivity contribution is 7.90. The largest absolute Gasteiger partial charge is 0.466 e. The molecule has 0 aliphatic carbocycles. The Morgan fingerprint density at radius 1 is 1.21 bits per heavy atom. The van der Waals surface area contributed by atoms with Crippen LogP contribution in [0.1, 0.15) is 24.0 Å². The summed E-state index contributed by atoms with van der Waals surface area (Å²) >= 11 is 1.51. The van der Waals surface area contributed by atoms with E-state index in [1.165, 1.54) is 17.6 Å². The molecule has 0 amide bonds. The maximum absolute atomic E-state index is 12.0. The zero-order valence-electron chi connectivity index (χ0n) is 16.2. The number of ether oxygens (including phenoxy) is 1. The standard InChI is InChI=1S/C20H22N2O4S2/c1-5-26-20(23)11-18-21-14(3)12-22(18)19-9-8-16(27-19)15-7-6-13(2)17(10-15)28(4,24)25/h6-10,12H,5,11H2,1-4H3. The van der Waals surface area contributed by atoms with Crippen LogP contribution in [0.25, 0.3) is 15.4 Å². The van der Waals surface area contributed by atoms with Crippen LogP contribution in [0.3, 0.4) is 0 Å². The summed E-state index contributed by atoms with van der Waals surface area (Å²) in [6.45, 7) is 5.76. The second-order valence-corrected chi connectivity index (χ2v) is 9.59. The summed E-state index contributed by atoms with van der Waals surface area (Å²) in [6.07, 6.45) is 3.19. The quantitative estimate of drug-likeness (QED) is 0.570. The van der Waals surface area contributed by atoms with Gasteiger partial charge in [-0.15, -0.1) is 11.3 Å². The van der Waals surface area contributed by atoms with Gasteiger partial charge in [0.15, 0.2) is 9.84 Å². The van der Waals surface area contributed by atoms with E-state index < -0.39 is 9.84 Å². The monoisotopic (exact) mass is 418 g/mol. The molecule has 0 spiro atoms. The van der Waals surface area contributed by atoms with Gasteiger partial charge in [-0.2, -0.15) is 0 Å². The molecule has 0 fully saturated rings. The summed E-state index contributed by atoms with van der Waals surface area (Å²) < 4.78 is 30.9. The topological polar surface area (TPSA) is 78.3 Å². The molecule has 0 aliphatic heterocycles. The number of aryl methyl sites for hydroxylation is 2. The van der Waals surface area contributed by atoms with Crippen LogP contribution < -0.4 is 0 Å². The minimum Gasteiger partial charge on any atom is -0.466 e. The van der Waals surface area contributed by atoms with Gasteiger partial charge in [0, 0.05) is 17.3 Å². The first-order valence-electron chi connectivity index (χ1n) is 8.81. The van der Waals surface area contributed by atoms with Crippen molar-refractivity contribution in [2.45, 2.75) is 32.1 Å². The van der Waals surface area contributed by atoms with Gasteiger partial charge in [-0.05, 0) is 50.1 Å². The third-order valence-electron chi connectivity index (χ3n) is 4.21. The lowest BCUT2D eigenvalue weighted by Crippen LogP contribution is -2.11. The summed E-state index contributed by atoms with van der Waals surface area (Å²) in [4.78, 5) is 17.6. The summed E-state index contributed by atoms with van der Waals surface area (Å²) in [6, 6.07) is 9.33. The van der Waals surface area contributed by atoms with E-state index in [0.29, 0.717) is 17.3 Å². The van der Waals surface area contributed by atoms with Crippen molar-refractivity contribution in [3.05, 3.63) is 53.6 Å². The molecule has 0 bridgehead atoms. The second-order valence-electron chi connectivity index (χ2n) is 6.54. The van der Waals surface area contributed by atoms with Crippen molar-refractivity contribution in [2.24, 2.45) is 0 Å². The fourth-order valence-electron chi connectivity index (χ4n) is 2.97. The van der Waals surface area contributed by atoms with E-state index in [2.05, 4.69) is 4.98 Å². The van der Waals surface area contributed by atoms with E-state index in [-0.39, 0.29) is 12.4 Å². The molecule has 6 nitrogen and oxygen atoms in total. The molecule has 1 aromatic carbocycles. The molecular formula is C20H22N2O4S2. The minimum atomic E-state index is -3.29. The molecule has 0 unspecified atom stereocenters. The van der Waals surface area contributed by atoms with Crippen molar-refractivity contribution < 1.29 is 17.9 Å². The molecule has 2 heterocycles. The number of aromatic nitrogens is 2. The Morgan fingerprint density at radius 3 is 2.64 bits per heavy atom. The summed E-state index contributed by atoms with van der Waals surface area (Å²) in [5.74, 6) is 0.299. The van der Waals surface area contributed by atoms with Crippen LogP contribution in [-0.4, -0.2) is 36.8 Å². The van der Waals surface area contributed by atoms with Crippen molar-refractivity contribution >= 4 is 27.1 Å². The Labute approximate surface area is 168 Å². The van der Waals surface area contributed by atoms with Crippen LogP contribution in [0, 0.1) is 13.8 Å². The lowest BCUT2D eigenvalue weighted by molar-refractivity contribution is -0.142. The zero-order valence-corrected chi connectivity index (χ0v) is 17.9. The molecule has 3 rings (SSSR count). The molecule has 148 valence electrons. The van der Waals surface area contributed by atoms with E-state index in [4.69, 9.17) is 4.74 Å². The number of carbonyl (C=O) groups is 1. The van der Waals surface area contributed by atoms with Crippen LogP contribution in [0.5, 0.6) is 0 Å². The van der Waals surface area contributed by atoms with Crippen molar-refractivity contribution in [3.8, 4) is 15.4 Å². The van der Waals surface area contributed by atoms with Gasteiger partial charge in [-0.3, -0.25) is 9.36 Å². The summed E-state index contributed by atoms with van der Waals surface area (Å²) in [5, 5.41) is 0.899. The highest BCUT2D eigenvalue weighted by Gasteiger charge is 2.16. The summed E-state index contributed by atoms with van der Waals surface area (Å²) in [5.41, 5.74) is 2.37. The Bertz CT molecular complexity index is 1130. The van der Waals surface area contributed by atoms with E-state index in [1.807, 2.05) is 42.0 Å². The zero-order chi connectivity index (χ0) is 20.5. The van der Waals surface area contributed by atoms with Crippen LogP contribution >= 0.6 is 11.3 Å². The molecule has 0 aliphatic rings. The van der Waals surface area contributed by atoms with Gasteiger partial charge in [0.05, 0.1) is 17.2 Å². The minimum absolute atomic E-state index is 0.0949. The summed E-state index contributed by atoms with van der Waals surface area (Å²) in [7, 11) is -3.29. The molecule has 3 aromatic rings. The molecule has 8 heteroatoms. The van der Waals surface area contributed by atoms with Gasteiger partial charge in [0.1, 0.15) is 17.2 Å².